The third kappa shape index (κ3) is 2.83. The zero-order valence-corrected chi connectivity index (χ0v) is 13.7. The Morgan fingerprint density at radius 3 is 2.65 bits per heavy atom. The maximum atomic E-state index is 12.0. The molecule has 0 saturated carbocycles. The Bertz CT molecular complexity index is 816. The van der Waals surface area contributed by atoms with Crippen LogP contribution >= 0.6 is 0 Å². The van der Waals surface area contributed by atoms with Crippen LogP contribution < -0.4 is 10.4 Å². The molecule has 1 atom stereocenters. The molecule has 0 aliphatic carbocycles. The number of carbonyl (C=O) groups is 1. The molecule has 23 heavy (non-hydrogen) atoms. The fraction of sp³-hybridized carbons (Fsp3) is 0.444. The monoisotopic (exact) mass is 316 g/mol. The van der Waals surface area contributed by atoms with Crippen molar-refractivity contribution in [2.75, 3.05) is 0 Å². The van der Waals surface area contributed by atoms with Gasteiger partial charge in [0.25, 0.3) is 0 Å². The van der Waals surface area contributed by atoms with Gasteiger partial charge in [0, 0.05) is 23.4 Å². The third-order valence-corrected chi connectivity index (χ3v) is 4.12. The van der Waals surface area contributed by atoms with E-state index in [2.05, 4.69) is 0 Å². The standard InChI is InChI=1S/C18H20O5/c1-10(2)17(20)21-14-9-12-13(23-18(14,3)4)7-5-11-6-8-15(19)22-16(11)12/h5-8,10,14H,9H2,1-4H3/t14-/m0/s1. The van der Waals surface area contributed by atoms with Crippen LogP contribution in [0.5, 0.6) is 5.75 Å². The predicted molar refractivity (Wildman–Crippen MR) is 85.6 cm³/mol. The molecule has 0 amide bonds. The molecule has 1 aromatic carbocycles. The van der Waals surface area contributed by atoms with Crippen LogP contribution in [0.2, 0.25) is 0 Å². The Morgan fingerprint density at radius 2 is 1.96 bits per heavy atom. The molecule has 0 fully saturated rings. The fourth-order valence-corrected chi connectivity index (χ4v) is 2.70. The van der Waals surface area contributed by atoms with Crippen molar-refractivity contribution >= 4 is 16.9 Å². The van der Waals surface area contributed by atoms with E-state index in [1.54, 1.807) is 19.9 Å². The van der Waals surface area contributed by atoms with Crippen molar-refractivity contribution in [2.24, 2.45) is 5.92 Å². The molecule has 2 aromatic rings. The minimum atomic E-state index is -0.652. The molecule has 3 rings (SSSR count). The lowest BCUT2D eigenvalue weighted by atomic mass is 9.90. The quantitative estimate of drug-likeness (QED) is 0.629. The van der Waals surface area contributed by atoms with Gasteiger partial charge in [-0.2, -0.15) is 0 Å². The Morgan fingerprint density at radius 1 is 1.26 bits per heavy atom. The van der Waals surface area contributed by atoms with Crippen LogP contribution in [0.15, 0.2) is 33.5 Å². The molecule has 0 bridgehead atoms. The maximum absolute atomic E-state index is 12.0. The summed E-state index contributed by atoms with van der Waals surface area (Å²) in [6, 6.07) is 6.82. The van der Waals surface area contributed by atoms with Crippen molar-refractivity contribution in [1.82, 2.24) is 0 Å². The van der Waals surface area contributed by atoms with Gasteiger partial charge in [-0.1, -0.05) is 13.8 Å². The summed E-state index contributed by atoms with van der Waals surface area (Å²) >= 11 is 0. The number of hydrogen-bond donors (Lipinski definition) is 0. The number of ether oxygens (including phenoxy) is 2. The van der Waals surface area contributed by atoms with E-state index in [1.165, 1.54) is 6.07 Å². The first-order valence-corrected chi connectivity index (χ1v) is 7.73. The van der Waals surface area contributed by atoms with Crippen molar-refractivity contribution in [2.45, 2.75) is 45.8 Å². The second-order valence-electron chi connectivity index (χ2n) is 6.70. The Labute approximate surface area is 134 Å². The number of esters is 1. The first-order valence-electron chi connectivity index (χ1n) is 7.73. The zero-order chi connectivity index (χ0) is 16.8. The van der Waals surface area contributed by atoms with E-state index in [1.807, 2.05) is 26.0 Å². The van der Waals surface area contributed by atoms with Crippen LogP contribution in [-0.2, 0) is 16.0 Å². The lowest BCUT2D eigenvalue weighted by molar-refractivity contribution is -0.164. The van der Waals surface area contributed by atoms with Crippen LogP contribution in [0.25, 0.3) is 11.0 Å². The molecule has 0 N–H and O–H groups in total. The molecule has 1 aromatic heterocycles. The van der Waals surface area contributed by atoms with E-state index < -0.39 is 17.3 Å². The fourth-order valence-electron chi connectivity index (χ4n) is 2.70. The summed E-state index contributed by atoms with van der Waals surface area (Å²) in [6.07, 6.45) is 0.00598. The van der Waals surface area contributed by atoms with Gasteiger partial charge in [0.2, 0.25) is 0 Å². The molecule has 0 radical (unpaired) electrons. The van der Waals surface area contributed by atoms with Crippen molar-refractivity contribution in [3.63, 3.8) is 0 Å². The Hall–Kier alpha value is -2.30. The minimum absolute atomic E-state index is 0.211. The molecular formula is C18H20O5. The van der Waals surface area contributed by atoms with E-state index in [0.29, 0.717) is 17.8 Å². The van der Waals surface area contributed by atoms with Crippen LogP contribution in [0, 0.1) is 5.92 Å². The number of hydrogen-bond acceptors (Lipinski definition) is 5. The lowest BCUT2D eigenvalue weighted by Crippen LogP contribution is -2.49. The highest BCUT2D eigenvalue weighted by molar-refractivity contribution is 5.82. The van der Waals surface area contributed by atoms with Gasteiger partial charge in [-0.15, -0.1) is 0 Å². The van der Waals surface area contributed by atoms with E-state index >= 15 is 0 Å². The summed E-state index contributed by atoms with van der Waals surface area (Å²) in [4.78, 5) is 23.5. The number of carbonyl (C=O) groups excluding carboxylic acids is 1. The summed E-state index contributed by atoms with van der Waals surface area (Å²) in [5.74, 6) is 0.183. The van der Waals surface area contributed by atoms with Gasteiger partial charge >= 0.3 is 11.6 Å². The highest BCUT2D eigenvalue weighted by Gasteiger charge is 2.41. The SMILES string of the molecule is CC(C)C(=O)O[C@H]1Cc2c(ccc3ccc(=O)oc23)OC1(C)C. The first kappa shape index (κ1) is 15.6. The average Bonchev–Trinajstić information content (AvgIpc) is 2.47. The van der Waals surface area contributed by atoms with Crippen molar-refractivity contribution in [3.8, 4) is 5.75 Å². The molecule has 1 aliphatic rings. The minimum Gasteiger partial charge on any atom is -0.484 e. The van der Waals surface area contributed by atoms with Crippen molar-refractivity contribution in [1.29, 1.82) is 0 Å². The molecule has 5 nitrogen and oxygen atoms in total. The molecule has 2 heterocycles. The smallest absolute Gasteiger partial charge is 0.336 e. The Kier molecular flexibility index (Phi) is 3.66. The molecule has 0 saturated heterocycles. The topological polar surface area (TPSA) is 65.7 Å². The summed E-state index contributed by atoms with van der Waals surface area (Å²) in [5, 5.41) is 0.820. The van der Waals surface area contributed by atoms with Crippen molar-refractivity contribution in [3.05, 3.63) is 40.2 Å². The summed E-state index contributed by atoms with van der Waals surface area (Å²) in [7, 11) is 0. The van der Waals surface area contributed by atoms with Crippen LogP contribution in [0.1, 0.15) is 33.3 Å². The maximum Gasteiger partial charge on any atom is 0.336 e. The van der Waals surface area contributed by atoms with Crippen molar-refractivity contribution < 1.29 is 18.7 Å². The highest BCUT2D eigenvalue weighted by atomic mass is 16.6. The van der Waals surface area contributed by atoms with Gasteiger partial charge in [0.05, 0.1) is 5.92 Å². The van der Waals surface area contributed by atoms with Gasteiger partial charge in [0.1, 0.15) is 23.0 Å². The first-order chi connectivity index (χ1) is 10.8. The van der Waals surface area contributed by atoms with Gasteiger partial charge in [-0.05, 0) is 32.0 Å². The third-order valence-electron chi connectivity index (χ3n) is 4.12. The summed E-state index contributed by atoms with van der Waals surface area (Å²) < 4.78 is 17.0. The number of rotatable bonds is 2. The Balaban J connectivity index is 2.05. The second kappa shape index (κ2) is 5.41. The second-order valence-corrected chi connectivity index (χ2v) is 6.70. The van der Waals surface area contributed by atoms with E-state index in [9.17, 15) is 9.59 Å². The number of benzene rings is 1. The summed E-state index contributed by atoms with van der Waals surface area (Å²) in [5.41, 5.74) is 0.198. The average molecular weight is 316 g/mol. The molecule has 122 valence electrons. The van der Waals surface area contributed by atoms with E-state index in [0.717, 1.165) is 10.9 Å². The van der Waals surface area contributed by atoms with E-state index in [4.69, 9.17) is 13.9 Å². The van der Waals surface area contributed by atoms with E-state index in [-0.39, 0.29) is 11.9 Å². The van der Waals surface area contributed by atoms with Gasteiger partial charge in [-0.3, -0.25) is 4.79 Å². The molecular weight excluding hydrogens is 296 g/mol. The van der Waals surface area contributed by atoms with Crippen LogP contribution in [-0.4, -0.2) is 17.7 Å². The van der Waals surface area contributed by atoms with Gasteiger partial charge in [-0.25, -0.2) is 4.79 Å². The lowest BCUT2D eigenvalue weighted by Gasteiger charge is -2.39. The highest BCUT2D eigenvalue weighted by Crippen LogP contribution is 2.38. The predicted octanol–water partition coefficient (Wildman–Crippen LogP) is 3.07. The molecule has 0 spiro atoms. The largest absolute Gasteiger partial charge is 0.484 e. The molecule has 0 unspecified atom stereocenters. The number of fused-ring (bicyclic) bond motifs is 3. The van der Waals surface area contributed by atoms with Crippen LogP contribution in [0.4, 0.5) is 0 Å². The van der Waals surface area contributed by atoms with Gasteiger partial charge < -0.3 is 13.9 Å². The van der Waals surface area contributed by atoms with Crippen LogP contribution in [0.3, 0.4) is 0 Å². The normalized spacial score (nSPS) is 19.3. The molecule has 1 aliphatic heterocycles. The zero-order valence-electron chi connectivity index (χ0n) is 13.7. The molecule has 5 heteroatoms. The van der Waals surface area contributed by atoms with Gasteiger partial charge in [0.15, 0.2) is 0 Å². The summed E-state index contributed by atoms with van der Waals surface area (Å²) in [6.45, 7) is 7.36.